The number of nitrogens with zero attached hydrogens (tertiary/aromatic N) is 1. The number of carbonyl (C=O) groups is 1. The molecule has 6 nitrogen and oxygen atoms in total. The van der Waals surface area contributed by atoms with Crippen LogP contribution < -0.4 is 16.6 Å². The summed E-state index contributed by atoms with van der Waals surface area (Å²) in [6, 6.07) is 4.47. The molecule has 1 heterocycles. The summed E-state index contributed by atoms with van der Waals surface area (Å²) >= 11 is 11.3. The standard InChI is InChI=1S/C7H6Cl2O.C4H10N4O/c8-6-2-1-5(4-10)7(9)3-6;5-4(9)7-8-3-1-2-6-8/h1-3,10H,4H2;6H,1-3H2,(H3,5,7,9). The van der Waals surface area contributed by atoms with Gasteiger partial charge in [0.1, 0.15) is 0 Å². The lowest BCUT2D eigenvalue weighted by Gasteiger charge is -2.13. The fraction of sp³-hybridized carbons (Fsp3) is 0.364. The summed E-state index contributed by atoms with van der Waals surface area (Å²) in [4.78, 5) is 10.2. The van der Waals surface area contributed by atoms with Crippen LogP contribution in [0.3, 0.4) is 0 Å². The number of aliphatic hydroxyl groups excluding tert-OH is 1. The van der Waals surface area contributed by atoms with Gasteiger partial charge in [0.25, 0.3) is 0 Å². The lowest BCUT2D eigenvalue weighted by molar-refractivity contribution is 0.168. The Morgan fingerprint density at radius 3 is 2.74 bits per heavy atom. The molecule has 0 spiro atoms. The van der Waals surface area contributed by atoms with E-state index in [9.17, 15) is 4.79 Å². The second-order valence-electron chi connectivity index (χ2n) is 3.78. The molecular weight excluding hydrogens is 291 g/mol. The maximum atomic E-state index is 10.2. The van der Waals surface area contributed by atoms with Gasteiger partial charge in [0.15, 0.2) is 0 Å². The molecule has 1 fully saturated rings. The SMILES string of the molecule is NC(=O)NN1CCCN1.OCc1ccc(Cl)cc1Cl. The number of hydrazine groups is 2. The quantitative estimate of drug-likeness (QED) is 0.662. The molecule has 19 heavy (non-hydrogen) atoms. The maximum Gasteiger partial charge on any atom is 0.327 e. The zero-order valence-corrected chi connectivity index (χ0v) is 11.7. The van der Waals surface area contributed by atoms with E-state index in [1.54, 1.807) is 23.3 Å². The molecule has 2 rings (SSSR count). The first-order valence-electron chi connectivity index (χ1n) is 5.65. The highest BCUT2D eigenvalue weighted by atomic mass is 35.5. The molecule has 1 aliphatic heterocycles. The highest BCUT2D eigenvalue weighted by Gasteiger charge is 2.10. The molecular formula is C11H16Cl2N4O2. The fourth-order valence-corrected chi connectivity index (χ4v) is 1.88. The van der Waals surface area contributed by atoms with Gasteiger partial charge in [0.05, 0.1) is 6.61 Å². The topological polar surface area (TPSA) is 90.6 Å². The molecule has 1 saturated heterocycles. The van der Waals surface area contributed by atoms with Crippen molar-refractivity contribution in [2.75, 3.05) is 13.1 Å². The number of aliphatic hydroxyl groups is 1. The lowest BCUT2D eigenvalue weighted by atomic mass is 10.2. The van der Waals surface area contributed by atoms with Crippen LogP contribution in [0.25, 0.3) is 0 Å². The van der Waals surface area contributed by atoms with Crippen molar-refractivity contribution < 1.29 is 9.90 Å². The van der Waals surface area contributed by atoms with Gasteiger partial charge in [-0.05, 0) is 24.1 Å². The minimum Gasteiger partial charge on any atom is -0.392 e. The second kappa shape index (κ2) is 8.19. The molecule has 0 aliphatic carbocycles. The molecule has 0 atom stereocenters. The first-order chi connectivity index (χ1) is 9.02. The number of rotatable bonds is 2. The Morgan fingerprint density at radius 1 is 1.53 bits per heavy atom. The van der Waals surface area contributed by atoms with Crippen LogP contribution in [0.2, 0.25) is 10.0 Å². The highest BCUT2D eigenvalue weighted by Crippen LogP contribution is 2.20. The van der Waals surface area contributed by atoms with E-state index in [1.165, 1.54) is 0 Å². The number of amides is 2. The van der Waals surface area contributed by atoms with E-state index in [1.807, 2.05) is 0 Å². The molecule has 0 bridgehead atoms. The van der Waals surface area contributed by atoms with Crippen molar-refractivity contribution in [3.63, 3.8) is 0 Å². The molecule has 1 aromatic carbocycles. The summed E-state index contributed by atoms with van der Waals surface area (Å²) in [6.45, 7) is 1.68. The van der Waals surface area contributed by atoms with Gasteiger partial charge in [0.2, 0.25) is 0 Å². The zero-order chi connectivity index (χ0) is 14.3. The van der Waals surface area contributed by atoms with Gasteiger partial charge in [-0.25, -0.2) is 10.2 Å². The molecule has 2 amide bonds. The van der Waals surface area contributed by atoms with Gasteiger partial charge in [-0.2, -0.15) is 5.12 Å². The van der Waals surface area contributed by atoms with Crippen LogP contribution in [-0.4, -0.2) is 29.3 Å². The smallest absolute Gasteiger partial charge is 0.327 e. The van der Waals surface area contributed by atoms with Crippen LogP contribution in [0, 0.1) is 0 Å². The normalized spacial score (nSPS) is 14.7. The first kappa shape index (κ1) is 16.0. The average Bonchev–Trinajstić information content (AvgIpc) is 2.82. The summed E-state index contributed by atoms with van der Waals surface area (Å²) < 4.78 is 0. The lowest BCUT2D eigenvalue weighted by Crippen LogP contribution is -2.48. The van der Waals surface area contributed by atoms with Crippen molar-refractivity contribution in [2.45, 2.75) is 13.0 Å². The summed E-state index contributed by atoms with van der Waals surface area (Å²) in [6.07, 6.45) is 1.04. The van der Waals surface area contributed by atoms with Crippen LogP contribution >= 0.6 is 23.2 Å². The Kier molecular flexibility index (Phi) is 6.90. The van der Waals surface area contributed by atoms with Gasteiger partial charge in [-0.1, -0.05) is 29.3 Å². The largest absolute Gasteiger partial charge is 0.392 e. The Bertz CT molecular complexity index is 425. The minimum atomic E-state index is -0.524. The third kappa shape index (κ3) is 6.09. The number of carbonyl (C=O) groups excluding carboxylic acids is 1. The van der Waals surface area contributed by atoms with Gasteiger partial charge in [-0.3, -0.25) is 5.43 Å². The molecule has 5 N–H and O–H groups in total. The number of hydrogen-bond acceptors (Lipinski definition) is 4. The Morgan fingerprint density at radius 2 is 2.26 bits per heavy atom. The third-order valence-electron chi connectivity index (χ3n) is 2.29. The van der Waals surface area contributed by atoms with Crippen LogP contribution in [0.4, 0.5) is 4.79 Å². The molecule has 1 aromatic rings. The number of halogens is 2. The summed E-state index contributed by atoms with van der Waals surface area (Å²) in [5.41, 5.74) is 10.9. The van der Waals surface area contributed by atoms with E-state index in [-0.39, 0.29) is 6.61 Å². The van der Waals surface area contributed by atoms with Gasteiger partial charge in [0, 0.05) is 23.1 Å². The maximum absolute atomic E-state index is 10.2. The van der Waals surface area contributed by atoms with Gasteiger partial charge in [-0.15, -0.1) is 0 Å². The van der Waals surface area contributed by atoms with Crippen LogP contribution in [0.15, 0.2) is 18.2 Å². The van der Waals surface area contributed by atoms with E-state index in [0.29, 0.717) is 15.6 Å². The third-order valence-corrected chi connectivity index (χ3v) is 2.88. The second-order valence-corrected chi connectivity index (χ2v) is 4.63. The van der Waals surface area contributed by atoms with E-state index >= 15 is 0 Å². The molecule has 0 unspecified atom stereocenters. The van der Waals surface area contributed by atoms with Crippen molar-refractivity contribution in [3.05, 3.63) is 33.8 Å². The van der Waals surface area contributed by atoms with Crippen molar-refractivity contribution in [1.29, 1.82) is 0 Å². The molecule has 8 heteroatoms. The van der Waals surface area contributed by atoms with Crippen LogP contribution in [0.1, 0.15) is 12.0 Å². The molecule has 106 valence electrons. The van der Waals surface area contributed by atoms with Crippen LogP contribution in [0.5, 0.6) is 0 Å². The minimum absolute atomic E-state index is 0.0456. The van der Waals surface area contributed by atoms with Crippen molar-refractivity contribution in [1.82, 2.24) is 16.0 Å². The fourth-order valence-electron chi connectivity index (χ4n) is 1.41. The van der Waals surface area contributed by atoms with E-state index in [0.717, 1.165) is 19.5 Å². The monoisotopic (exact) mass is 306 g/mol. The van der Waals surface area contributed by atoms with Gasteiger partial charge >= 0.3 is 6.03 Å². The number of urea groups is 1. The van der Waals surface area contributed by atoms with E-state index < -0.39 is 6.03 Å². The number of hydrogen-bond donors (Lipinski definition) is 4. The van der Waals surface area contributed by atoms with E-state index in [2.05, 4.69) is 10.9 Å². The zero-order valence-electron chi connectivity index (χ0n) is 10.2. The van der Waals surface area contributed by atoms with Crippen LogP contribution in [-0.2, 0) is 6.61 Å². The Labute approximate surface area is 121 Å². The average molecular weight is 307 g/mol. The van der Waals surface area contributed by atoms with Gasteiger partial charge < -0.3 is 10.8 Å². The number of nitrogens with one attached hydrogen (secondary N) is 2. The molecule has 0 radical (unpaired) electrons. The number of benzene rings is 1. The summed E-state index contributed by atoms with van der Waals surface area (Å²) in [7, 11) is 0. The van der Waals surface area contributed by atoms with Crippen molar-refractivity contribution >= 4 is 29.2 Å². The Hall–Kier alpha value is -1.05. The van der Waals surface area contributed by atoms with Crippen molar-refractivity contribution in [3.8, 4) is 0 Å². The molecule has 0 aromatic heterocycles. The van der Waals surface area contributed by atoms with Crippen molar-refractivity contribution in [2.24, 2.45) is 5.73 Å². The Balaban J connectivity index is 0.000000191. The number of primary amides is 1. The molecule has 0 saturated carbocycles. The summed E-state index contributed by atoms with van der Waals surface area (Å²) in [5, 5.41) is 11.4. The first-order valence-corrected chi connectivity index (χ1v) is 6.40. The number of nitrogens with two attached hydrogens (primary N) is 1. The highest BCUT2D eigenvalue weighted by molar-refractivity contribution is 6.35. The summed E-state index contributed by atoms with van der Waals surface area (Å²) in [5.74, 6) is 0. The van der Waals surface area contributed by atoms with E-state index in [4.69, 9.17) is 34.0 Å². The predicted molar refractivity (Wildman–Crippen MR) is 74.4 cm³/mol. The molecule has 1 aliphatic rings. The predicted octanol–water partition coefficient (Wildman–Crippen LogP) is 1.27.